The fourth-order valence-electron chi connectivity index (χ4n) is 2.63. The molecule has 0 spiro atoms. The Balaban J connectivity index is -0.0000000579. The maximum atomic E-state index is 9.82. The van der Waals surface area contributed by atoms with Gasteiger partial charge in [0.1, 0.15) is 0 Å². The molecule has 0 rings (SSSR count). The van der Waals surface area contributed by atoms with E-state index < -0.39 is 0 Å². The molecule has 16 heteroatoms. The number of ether oxygens (including phenoxy) is 8. The van der Waals surface area contributed by atoms with Crippen molar-refractivity contribution in [1.82, 2.24) is 0 Å². The van der Waals surface area contributed by atoms with Crippen molar-refractivity contribution in [1.29, 1.82) is 0 Å². The number of rotatable bonds is 14. The third kappa shape index (κ3) is 226. The minimum absolute atomic E-state index is 0.211. The van der Waals surface area contributed by atoms with Crippen LogP contribution in [0.5, 0.6) is 0 Å². The predicted octanol–water partition coefficient (Wildman–Crippen LogP) is 9.73. The topological polar surface area (TPSA) is 210 Å². The van der Waals surface area contributed by atoms with Gasteiger partial charge in [0.25, 0.3) is 0 Å². The predicted molar refractivity (Wildman–Crippen MR) is 238 cm³/mol. The van der Waals surface area contributed by atoms with Gasteiger partial charge in [-0.15, -0.1) is 0 Å². The Hall–Kier alpha value is -4.24. The van der Waals surface area contributed by atoms with E-state index in [0.29, 0.717) is 52.9 Å². The first-order chi connectivity index (χ1) is 28.0. The SMILES string of the molecule is CCCCCC.CCCCCC.CCOC(C)=O.CCOC(C)=O.CCOC(C)=O.CCOC(C)=O.CCOC(C)=O.CCOC(C)=O.CCOC(C)=O.CCOC(C)=O. The fourth-order valence-corrected chi connectivity index (χ4v) is 2.63. The second-order valence-electron chi connectivity index (χ2n) is 10.8. The highest BCUT2D eigenvalue weighted by Gasteiger charge is 1.85. The minimum Gasteiger partial charge on any atom is -0.466 e. The van der Waals surface area contributed by atoms with E-state index in [2.05, 4.69) is 65.6 Å². The van der Waals surface area contributed by atoms with E-state index in [1.165, 1.54) is 107 Å². The first kappa shape index (κ1) is 79.9. The minimum atomic E-state index is -0.211. The van der Waals surface area contributed by atoms with E-state index in [0.717, 1.165) is 0 Å². The van der Waals surface area contributed by atoms with Crippen LogP contribution in [0.2, 0.25) is 0 Å². The molecule has 0 aliphatic rings. The molecule has 0 N–H and O–H groups in total. The summed E-state index contributed by atoms with van der Waals surface area (Å²) in [6, 6.07) is 0. The van der Waals surface area contributed by atoms with Crippen LogP contribution in [0.15, 0.2) is 0 Å². The summed E-state index contributed by atoms with van der Waals surface area (Å²) >= 11 is 0. The molecule has 0 fully saturated rings. The average Bonchev–Trinajstić information content (AvgIpc) is 3.12. The molecule has 0 aromatic carbocycles. The summed E-state index contributed by atoms with van der Waals surface area (Å²) in [5.74, 6) is -1.69. The quantitative estimate of drug-likeness (QED) is 0.0903. The van der Waals surface area contributed by atoms with E-state index in [-0.39, 0.29) is 47.8 Å². The van der Waals surface area contributed by atoms with Crippen LogP contribution in [0, 0.1) is 0 Å². The normalized spacial score (nSPS) is 7.93. The number of carbonyl (C=O) groups excluding carboxylic acids is 8. The Labute approximate surface area is 366 Å². The Bertz CT molecular complexity index is 699. The molecule has 0 aliphatic carbocycles. The molecule has 0 aliphatic heterocycles. The first-order valence-corrected chi connectivity index (χ1v) is 21.1. The molecule has 0 unspecified atom stereocenters. The number of esters is 8. The highest BCUT2D eigenvalue weighted by Crippen LogP contribution is 1.96. The van der Waals surface area contributed by atoms with Gasteiger partial charge in [-0.2, -0.15) is 0 Å². The molecular weight excluding hydrogens is 784 g/mol. The van der Waals surface area contributed by atoms with Crippen molar-refractivity contribution in [2.24, 2.45) is 0 Å². The van der Waals surface area contributed by atoms with Crippen molar-refractivity contribution in [2.45, 2.75) is 190 Å². The summed E-state index contributed by atoms with van der Waals surface area (Å²) in [7, 11) is 0. The van der Waals surface area contributed by atoms with Crippen LogP contribution in [0.4, 0.5) is 0 Å². The van der Waals surface area contributed by atoms with Crippen LogP contribution in [-0.4, -0.2) is 101 Å². The molecule has 0 atom stereocenters. The third-order valence-electron chi connectivity index (χ3n) is 4.70. The van der Waals surface area contributed by atoms with Gasteiger partial charge in [-0.25, -0.2) is 0 Å². The lowest BCUT2D eigenvalue weighted by Crippen LogP contribution is -1.95. The van der Waals surface area contributed by atoms with Crippen molar-refractivity contribution in [3.8, 4) is 0 Å². The van der Waals surface area contributed by atoms with Gasteiger partial charge < -0.3 is 37.9 Å². The Morgan fingerprint density at radius 3 is 0.317 bits per heavy atom. The third-order valence-corrected chi connectivity index (χ3v) is 4.70. The number of hydrogen-bond acceptors (Lipinski definition) is 16. The van der Waals surface area contributed by atoms with E-state index in [1.54, 1.807) is 55.4 Å². The summed E-state index contributed by atoms with van der Waals surface area (Å²) in [6.07, 6.45) is 11.1. The van der Waals surface area contributed by atoms with Crippen LogP contribution >= 0.6 is 0 Å². The lowest BCUT2D eigenvalue weighted by atomic mass is 10.2. The number of hydrogen-bond donors (Lipinski definition) is 0. The maximum absolute atomic E-state index is 9.82. The monoisotopic (exact) mass is 877 g/mol. The summed E-state index contributed by atoms with van der Waals surface area (Å²) in [4.78, 5) is 78.6. The molecule has 0 aromatic rings. The summed E-state index contributed by atoms with van der Waals surface area (Å²) < 4.78 is 35.2. The van der Waals surface area contributed by atoms with Crippen molar-refractivity contribution in [3.05, 3.63) is 0 Å². The first-order valence-electron chi connectivity index (χ1n) is 21.1. The lowest BCUT2D eigenvalue weighted by Gasteiger charge is -1.89. The van der Waals surface area contributed by atoms with Crippen LogP contribution < -0.4 is 0 Å². The van der Waals surface area contributed by atoms with Gasteiger partial charge in [-0.1, -0.05) is 79.1 Å². The molecule has 0 aromatic heterocycles. The molecule has 0 bridgehead atoms. The van der Waals surface area contributed by atoms with Crippen LogP contribution in [0.3, 0.4) is 0 Å². The molecular formula is C44H92O16. The summed E-state index contributed by atoms with van der Waals surface area (Å²) in [5, 5.41) is 0. The van der Waals surface area contributed by atoms with Crippen LogP contribution in [0.25, 0.3) is 0 Å². The van der Waals surface area contributed by atoms with Crippen molar-refractivity contribution < 1.29 is 76.3 Å². The molecule has 0 heterocycles. The molecule has 60 heavy (non-hydrogen) atoms. The standard InChI is InChI=1S/2C6H14.8C4H8O2/c2*1-3-5-6-4-2;8*1-3-6-4(2)5/h2*3-6H2,1-2H3;8*3H2,1-2H3. The zero-order chi connectivity index (χ0) is 49.6. The van der Waals surface area contributed by atoms with Gasteiger partial charge >= 0.3 is 47.8 Å². The Kier molecular flexibility index (Phi) is 110. The van der Waals surface area contributed by atoms with Crippen molar-refractivity contribution in [3.63, 3.8) is 0 Å². The molecule has 0 saturated carbocycles. The van der Waals surface area contributed by atoms with Gasteiger partial charge in [0.15, 0.2) is 0 Å². The van der Waals surface area contributed by atoms with Crippen molar-refractivity contribution >= 4 is 47.8 Å². The molecule has 16 nitrogen and oxygen atoms in total. The highest BCUT2D eigenvalue weighted by molar-refractivity contribution is 5.67. The summed E-state index contributed by atoms with van der Waals surface area (Å²) in [6.45, 7) is 38.2. The van der Waals surface area contributed by atoms with Gasteiger partial charge in [0, 0.05) is 55.4 Å². The second-order valence-corrected chi connectivity index (χ2v) is 10.8. The largest absolute Gasteiger partial charge is 0.466 e. The summed E-state index contributed by atoms with van der Waals surface area (Å²) in [5.41, 5.74) is 0. The van der Waals surface area contributed by atoms with Gasteiger partial charge in [0.2, 0.25) is 0 Å². The maximum Gasteiger partial charge on any atom is 0.302 e. The van der Waals surface area contributed by atoms with Gasteiger partial charge in [-0.05, 0) is 55.4 Å². The number of carbonyl (C=O) groups is 8. The van der Waals surface area contributed by atoms with E-state index in [4.69, 9.17) is 0 Å². The van der Waals surface area contributed by atoms with Crippen LogP contribution in [0.1, 0.15) is 190 Å². The van der Waals surface area contributed by atoms with Gasteiger partial charge in [-0.3, -0.25) is 38.4 Å². The zero-order valence-electron chi connectivity index (χ0n) is 41.8. The van der Waals surface area contributed by atoms with E-state index in [1.807, 2.05) is 0 Å². The molecule has 364 valence electrons. The van der Waals surface area contributed by atoms with E-state index >= 15 is 0 Å². The Morgan fingerprint density at radius 1 is 0.217 bits per heavy atom. The smallest absolute Gasteiger partial charge is 0.302 e. The highest BCUT2D eigenvalue weighted by atomic mass is 16.6. The van der Waals surface area contributed by atoms with E-state index in [9.17, 15) is 38.4 Å². The van der Waals surface area contributed by atoms with Crippen molar-refractivity contribution in [2.75, 3.05) is 52.9 Å². The molecule has 0 radical (unpaired) electrons. The zero-order valence-corrected chi connectivity index (χ0v) is 41.8. The number of unbranched alkanes of at least 4 members (excludes halogenated alkanes) is 6. The molecule has 0 saturated heterocycles. The van der Waals surface area contributed by atoms with Crippen LogP contribution in [-0.2, 0) is 76.3 Å². The lowest BCUT2D eigenvalue weighted by molar-refractivity contribution is -0.141. The average molecular weight is 877 g/mol. The Morgan fingerprint density at radius 2 is 0.300 bits per heavy atom. The second kappa shape index (κ2) is 82.6. The van der Waals surface area contributed by atoms with Gasteiger partial charge in [0.05, 0.1) is 52.9 Å². The molecule has 0 amide bonds. The fraction of sp³-hybridized carbons (Fsp3) is 0.818.